The Labute approximate surface area is 135 Å². The van der Waals surface area contributed by atoms with Gasteiger partial charge < -0.3 is 0 Å². The normalized spacial score (nSPS) is 41.3. The van der Waals surface area contributed by atoms with E-state index in [4.69, 9.17) is 0 Å². The maximum Gasteiger partial charge on any atom is 0.285 e. The summed E-state index contributed by atoms with van der Waals surface area (Å²) in [6.45, 7) is 7.43. The zero-order valence-electron chi connectivity index (χ0n) is 13.6. The molecule has 0 aromatic heterocycles. The van der Waals surface area contributed by atoms with Crippen LogP contribution in [0.5, 0.6) is 0 Å². The van der Waals surface area contributed by atoms with Crippen LogP contribution in [0.3, 0.4) is 0 Å². The SMILES string of the molecule is CCC12C[NH+]3CC(C)(C[NH+](C1)C3c1ccccc1[N+](=O)[O-])C2=O. The molecule has 4 aliphatic rings. The number of ketones is 1. The van der Waals surface area contributed by atoms with E-state index in [-0.39, 0.29) is 27.6 Å². The highest BCUT2D eigenvalue weighted by molar-refractivity contribution is 5.91. The Balaban J connectivity index is 1.79. The van der Waals surface area contributed by atoms with E-state index >= 15 is 0 Å². The standard InChI is InChI=1S/C17H21N3O3/c1-3-17-10-18-8-16(2,15(17)21)9-19(11-17)14(18)12-6-4-5-7-13(12)20(22)23/h4-7,14H,3,8-11H2,1-2H3/p+2. The Morgan fingerprint density at radius 1 is 1.22 bits per heavy atom. The Morgan fingerprint density at radius 3 is 2.39 bits per heavy atom. The second-order valence-corrected chi connectivity index (χ2v) is 7.80. The first-order chi connectivity index (χ1) is 10.9. The molecule has 4 aliphatic heterocycles. The topological polar surface area (TPSA) is 69.1 Å². The fourth-order valence-corrected chi connectivity index (χ4v) is 5.53. The molecule has 0 amide bonds. The number of hydrogen-bond acceptors (Lipinski definition) is 3. The number of piperidine rings is 2. The molecule has 0 spiro atoms. The molecule has 4 heterocycles. The molecule has 4 bridgehead atoms. The smallest absolute Gasteiger partial charge is 0.285 e. The van der Waals surface area contributed by atoms with Gasteiger partial charge in [0.25, 0.3) is 5.69 Å². The summed E-state index contributed by atoms with van der Waals surface area (Å²) in [5, 5.41) is 11.4. The number of benzene rings is 1. The van der Waals surface area contributed by atoms with Gasteiger partial charge in [0.2, 0.25) is 6.17 Å². The lowest BCUT2D eigenvalue weighted by molar-refractivity contribution is -1.18. The summed E-state index contributed by atoms with van der Waals surface area (Å²) in [7, 11) is 0. The fraction of sp³-hybridized carbons (Fsp3) is 0.588. The lowest BCUT2D eigenvalue weighted by Crippen LogP contribution is -3.41. The van der Waals surface area contributed by atoms with Gasteiger partial charge in [-0.25, -0.2) is 0 Å². The highest BCUT2D eigenvalue weighted by Gasteiger charge is 2.69. The summed E-state index contributed by atoms with van der Waals surface area (Å²) in [5.41, 5.74) is 0.545. The number of rotatable bonds is 3. The predicted octanol–water partition coefficient (Wildman–Crippen LogP) is -0.624. The first-order valence-electron chi connectivity index (χ1n) is 8.38. The number of carbonyl (C=O) groups excluding carboxylic acids is 1. The molecule has 6 heteroatoms. The lowest BCUT2D eigenvalue weighted by atomic mass is 9.60. The van der Waals surface area contributed by atoms with Crippen LogP contribution in [0.4, 0.5) is 5.69 Å². The molecule has 23 heavy (non-hydrogen) atoms. The van der Waals surface area contributed by atoms with Crippen LogP contribution < -0.4 is 9.80 Å². The van der Waals surface area contributed by atoms with Gasteiger partial charge in [-0.15, -0.1) is 0 Å². The van der Waals surface area contributed by atoms with E-state index < -0.39 is 0 Å². The average Bonchev–Trinajstić information content (AvgIpc) is 2.51. The van der Waals surface area contributed by atoms with Crippen LogP contribution in [-0.2, 0) is 4.79 Å². The first-order valence-corrected chi connectivity index (χ1v) is 8.38. The number of para-hydroxylation sites is 1. The van der Waals surface area contributed by atoms with Crippen molar-refractivity contribution in [2.24, 2.45) is 10.8 Å². The highest BCUT2D eigenvalue weighted by atomic mass is 16.6. The van der Waals surface area contributed by atoms with Gasteiger partial charge in [0, 0.05) is 6.07 Å². The molecule has 0 saturated carbocycles. The minimum Gasteiger partial charge on any atom is -0.297 e. The largest absolute Gasteiger partial charge is 0.297 e. The second kappa shape index (κ2) is 4.61. The molecule has 5 rings (SSSR count). The van der Waals surface area contributed by atoms with Crippen molar-refractivity contribution in [3.63, 3.8) is 0 Å². The van der Waals surface area contributed by atoms with Crippen LogP contribution in [0.25, 0.3) is 0 Å². The Morgan fingerprint density at radius 2 is 1.83 bits per heavy atom. The van der Waals surface area contributed by atoms with E-state index in [1.165, 1.54) is 9.80 Å². The Bertz CT molecular complexity index is 686. The van der Waals surface area contributed by atoms with Gasteiger partial charge in [0.05, 0.1) is 4.92 Å². The van der Waals surface area contributed by atoms with Crippen LogP contribution in [0.2, 0.25) is 0 Å². The summed E-state index contributed by atoms with van der Waals surface area (Å²) in [5.74, 6) is 0.431. The summed E-state index contributed by atoms with van der Waals surface area (Å²) >= 11 is 0. The van der Waals surface area contributed by atoms with Crippen molar-refractivity contribution in [1.29, 1.82) is 0 Å². The van der Waals surface area contributed by atoms with Crippen molar-refractivity contribution in [2.75, 3.05) is 26.2 Å². The van der Waals surface area contributed by atoms with Gasteiger partial charge in [0.15, 0.2) is 5.78 Å². The third-order valence-corrected chi connectivity index (χ3v) is 6.33. The second-order valence-electron chi connectivity index (χ2n) is 7.80. The van der Waals surface area contributed by atoms with Crippen molar-refractivity contribution >= 4 is 11.5 Å². The molecule has 4 saturated heterocycles. The maximum atomic E-state index is 12.9. The molecular weight excluding hydrogens is 294 g/mol. The van der Waals surface area contributed by atoms with Crippen molar-refractivity contribution in [2.45, 2.75) is 26.4 Å². The number of hydrogen-bond donors (Lipinski definition) is 2. The zero-order chi connectivity index (χ0) is 16.4. The van der Waals surface area contributed by atoms with Gasteiger partial charge >= 0.3 is 0 Å². The van der Waals surface area contributed by atoms with Crippen LogP contribution in [0, 0.1) is 20.9 Å². The van der Waals surface area contributed by atoms with Gasteiger partial charge in [-0.1, -0.05) is 19.1 Å². The monoisotopic (exact) mass is 317 g/mol. The van der Waals surface area contributed by atoms with Crippen LogP contribution in [0.1, 0.15) is 32.0 Å². The first kappa shape index (κ1) is 14.8. The van der Waals surface area contributed by atoms with Gasteiger partial charge in [-0.2, -0.15) is 0 Å². The minimum atomic E-state index is -0.274. The molecule has 6 nitrogen and oxygen atoms in total. The summed E-state index contributed by atoms with van der Waals surface area (Å²) in [4.78, 5) is 26.8. The van der Waals surface area contributed by atoms with Crippen LogP contribution >= 0.6 is 0 Å². The molecule has 2 unspecified atom stereocenters. The van der Waals surface area contributed by atoms with Crippen molar-refractivity contribution < 1.29 is 19.5 Å². The number of Topliss-reactive ketones (excluding diaryl/α,β-unsaturated/α-hetero) is 1. The average molecular weight is 317 g/mol. The predicted molar refractivity (Wildman–Crippen MR) is 83.1 cm³/mol. The number of quaternary nitrogens is 2. The lowest BCUT2D eigenvalue weighted by Gasteiger charge is -2.59. The Hall–Kier alpha value is -1.79. The molecule has 122 valence electrons. The molecular formula is C17H23N3O3+2. The Kier molecular flexibility index (Phi) is 2.96. The van der Waals surface area contributed by atoms with Crippen molar-refractivity contribution in [3.8, 4) is 0 Å². The number of nitro groups is 1. The van der Waals surface area contributed by atoms with Crippen LogP contribution in [-0.4, -0.2) is 36.9 Å². The number of nitrogens with one attached hydrogen (secondary N) is 2. The molecule has 0 aliphatic carbocycles. The molecule has 1 aromatic carbocycles. The van der Waals surface area contributed by atoms with Crippen molar-refractivity contribution in [3.05, 3.63) is 39.9 Å². The highest BCUT2D eigenvalue weighted by Crippen LogP contribution is 2.39. The number of carbonyl (C=O) groups is 1. The summed E-state index contributed by atoms with van der Waals surface area (Å²) < 4.78 is 0. The van der Waals surface area contributed by atoms with E-state index in [0.29, 0.717) is 5.78 Å². The van der Waals surface area contributed by atoms with E-state index in [2.05, 4.69) is 13.8 Å². The fourth-order valence-electron chi connectivity index (χ4n) is 5.53. The van der Waals surface area contributed by atoms with E-state index in [0.717, 1.165) is 38.2 Å². The van der Waals surface area contributed by atoms with E-state index in [1.807, 2.05) is 12.1 Å². The van der Waals surface area contributed by atoms with E-state index in [9.17, 15) is 14.9 Å². The third-order valence-electron chi connectivity index (χ3n) is 6.33. The molecule has 2 N–H and O–H groups in total. The molecule has 0 radical (unpaired) electrons. The number of nitrogens with zero attached hydrogens (tertiary/aromatic N) is 1. The molecule has 2 atom stereocenters. The van der Waals surface area contributed by atoms with Gasteiger partial charge in [-0.05, 0) is 19.4 Å². The summed E-state index contributed by atoms with van der Waals surface area (Å²) in [6.07, 6.45) is 0.954. The van der Waals surface area contributed by atoms with Gasteiger partial charge in [-0.3, -0.25) is 24.7 Å². The summed E-state index contributed by atoms with van der Waals surface area (Å²) in [6, 6.07) is 7.11. The quantitative estimate of drug-likeness (QED) is 0.576. The minimum absolute atomic E-state index is 0.0810. The molecule has 4 fully saturated rings. The van der Waals surface area contributed by atoms with Gasteiger partial charge in [0.1, 0.15) is 42.6 Å². The zero-order valence-corrected chi connectivity index (χ0v) is 13.6. The number of nitro benzene ring substituents is 1. The van der Waals surface area contributed by atoms with Crippen molar-refractivity contribution in [1.82, 2.24) is 0 Å². The molecule has 1 aromatic rings. The third kappa shape index (κ3) is 1.85. The van der Waals surface area contributed by atoms with E-state index in [1.54, 1.807) is 12.1 Å². The maximum absolute atomic E-state index is 12.9. The van der Waals surface area contributed by atoms with Crippen LogP contribution in [0.15, 0.2) is 24.3 Å².